The number of furan rings is 1. The summed E-state index contributed by atoms with van der Waals surface area (Å²) in [5.41, 5.74) is 4.73. The quantitative estimate of drug-likeness (QED) is 0.837. The van der Waals surface area contributed by atoms with Gasteiger partial charge in [0.15, 0.2) is 4.67 Å². The van der Waals surface area contributed by atoms with Crippen molar-refractivity contribution in [1.29, 1.82) is 0 Å². The molecule has 6 nitrogen and oxygen atoms in total. The lowest BCUT2D eigenvalue weighted by atomic mass is 10.0. The molecule has 0 spiro atoms. The predicted octanol–water partition coefficient (Wildman–Crippen LogP) is 0.670. The number of halogens is 1. The monoisotopic (exact) mass is 302 g/mol. The van der Waals surface area contributed by atoms with Crippen molar-refractivity contribution in [3.8, 4) is 0 Å². The number of hydrogen-bond acceptors (Lipinski definition) is 4. The van der Waals surface area contributed by atoms with E-state index in [9.17, 15) is 9.59 Å². The first-order valence-corrected chi connectivity index (χ1v) is 5.78. The fourth-order valence-corrected chi connectivity index (χ4v) is 2.21. The molecule has 1 aromatic rings. The van der Waals surface area contributed by atoms with E-state index in [1.807, 2.05) is 0 Å². The van der Waals surface area contributed by atoms with Crippen LogP contribution in [0.15, 0.2) is 21.4 Å². The van der Waals surface area contributed by atoms with Gasteiger partial charge in [-0.15, -0.1) is 0 Å². The molecule has 1 fully saturated rings. The number of carboxylic acids is 1. The molecule has 17 heavy (non-hydrogen) atoms. The maximum Gasteiger partial charge on any atom is 0.325 e. The van der Waals surface area contributed by atoms with E-state index >= 15 is 0 Å². The summed E-state index contributed by atoms with van der Waals surface area (Å²) >= 11 is 3.11. The Balaban J connectivity index is 2.15. The number of nitrogens with zero attached hydrogens (tertiary/aromatic N) is 1. The Bertz CT molecular complexity index is 473. The first kappa shape index (κ1) is 12.1. The maximum atomic E-state index is 12.0. The summed E-state index contributed by atoms with van der Waals surface area (Å²) in [6.45, 7) is 0.345. The molecule has 1 unspecified atom stereocenters. The highest BCUT2D eigenvalue weighted by Gasteiger charge is 2.43. The Morgan fingerprint density at radius 3 is 2.76 bits per heavy atom. The summed E-state index contributed by atoms with van der Waals surface area (Å²) in [5.74, 6) is -1.36. The number of carboxylic acid groups (broad SMARTS) is 1. The summed E-state index contributed by atoms with van der Waals surface area (Å²) in [6, 6.07) is 1.53. The Kier molecular flexibility index (Phi) is 2.96. The molecule has 0 radical (unpaired) electrons. The number of nitrogens with two attached hydrogens (primary N) is 1. The molecule has 2 heterocycles. The van der Waals surface area contributed by atoms with Crippen molar-refractivity contribution in [2.75, 3.05) is 13.1 Å². The average molecular weight is 303 g/mol. The molecule has 2 rings (SSSR count). The second kappa shape index (κ2) is 4.15. The number of likely N-dealkylation sites (tertiary alicyclic amines) is 1. The van der Waals surface area contributed by atoms with Crippen LogP contribution in [0.2, 0.25) is 0 Å². The third kappa shape index (κ3) is 2.07. The summed E-state index contributed by atoms with van der Waals surface area (Å²) < 4.78 is 5.31. The van der Waals surface area contributed by atoms with E-state index in [0.29, 0.717) is 16.8 Å². The second-order valence-corrected chi connectivity index (χ2v) is 4.77. The van der Waals surface area contributed by atoms with Gasteiger partial charge >= 0.3 is 5.97 Å². The number of carbonyl (C=O) groups excluding carboxylic acids is 1. The molecule has 0 bridgehead atoms. The molecule has 1 amide bonds. The largest absolute Gasteiger partial charge is 0.480 e. The first-order chi connectivity index (χ1) is 7.94. The Morgan fingerprint density at radius 2 is 2.29 bits per heavy atom. The zero-order chi connectivity index (χ0) is 12.6. The van der Waals surface area contributed by atoms with E-state index in [1.165, 1.54) is 17.2 Å². The van der Waals surface area contributed by atoms with E-state index in [1.54, 1.807) is 0 Å². The zero-order valence-corrected chi connectivity index (χ0v) is 10.4. The lowest BCUT2D eigenvalue weighted by Crippen LogP contribution is -2.50. The molecule has 1 aromatic heterocycles. The van der Waals surface area contributed by atoms with Gasteiger partial charge in [-0.2, -0.15) is 0 Å². The zero-order valence-electron chi connectivity index (χ0n) is 8.85. The fraction of sp³-hybridized carbons (Fsp3) is 0.400. The van der Waals surface area contributed by atoms with Crippen LogP contribution in [-0.4, -0.2) is 40.5 Å². The van der Waals surface area contributed by atoms with Crippen molar-refractivity contribution in [3.63, 3.8) is 0 Å². The lowest BCUT2D eigenvalue weighted by Gasteiger charge is -2.19. The van der Waals surface area contributed by atoms with Gasteiger partial charge in [-0.25, -0.2) is 0 Å². The van der Waals surface area contributed by atoms with E-state index < -0.39 is 11.5 Å². The summed E-state index contributed by atoms with van der Waals surface area (Å²) in [5, 5.41) is 8.97. The van der Waals surface area contributed by atoms with Crippen LogP contribution in [0.4, 0.5) is 0 Å². The molecular weight excluding hydrogens is 292 g/mol. The van der Waals surface area contributed by atoms with Gasteiger partial charge in [0, 0.05) is 13.1 Å². The Labute approximate surface area is 105 Å². The van der Waals surface area contributed by atoms with Crippen molar-refractivity contribution in [3.05, 3.63) is 22.6 Å². The smallest absolute Gasteiger partial charge is 0.325 e. The van der Waals surface area contributed by atoms with Gasteiger partial charge in [0.1, 0.15) is 5.54 Å². The molecule has 1 saturated heterocycles. The second-order valence-electron chi connectivity index (χ2n) is 4.05. The van der Waals surface area contributed by atoms with Crippen molar-refractivity contribution in [2.24, 2.45) is 5.73 Å². The molecule has 1 aliphatic heterocycles. The highest BCUT2D eigenvalue weighted by Crippen LogP contribution is 2.24. The van der Waals surface area contributed by atoms with Crippen LogP contribution >= 0.6 is 15.9 Å². The van der Waals surface area contributed by atoms with Crippen molar-refractivity contribution < 1.29 is 19.1 Å². The summed E-state index contributed by atoms with van der Waals surface area (Å²) in [6.07, 6.45) is 1.64. The SMILES string of the molecule is NC1(C(=O)O)CCN(C(=O)c2ccoc2Br)C1. The lowest BCUT2D eigenvalue weighted by molar-refractivity contribution is -0.142. The van der Waals surface area contributed by atoms with Gasteiger partial charge in [-0.05, 0) is 28.4 Å². The highest BCUT2D eigenvalue weighted by atomic mass is 79.9. The van der Waals surface area contributed by atoms with Gasteiger partial charge in [0.25, 0.3) is 5.91 Å². The molecule has 7 heteroatoms. The molecule has 0 aromatic carbocycles. The van der Waals surface area contributed by atoms with Crippen LogP contribution in [0, 0.1) is 0 Å². The minimum absolute atomic E-state index is 0.0127. The van der Waals surface area contributed by atoms with Crippen molar-refractivity contribution in [1.82, 2.24) is 4.90 Å². The number of amides is 1. The molecule has 1 atom stereocenters. The number of aliphatic carboxylic acids is 1. The molecular formula is C10H11BrN2O4. The van der Waals surface area contributed by atoms with Crippen molar-refractivity contribution in [2.45, 2.75) is 12.0 Å². The highest BCUT2D eigenvalue weighted by molar-refractivity contribution is 9.10. The molecule has 0 aliphatic carbocycles. The minimum Gasteiger partial charge on any atom is -0.480 e. The third-order valence-electron chi connectivity index (χ3n) is 2.86. The van der Waals surface area contributed by atoms with E-state index in [4.69, 9.17) is 15.3 Å². The average Bonchev–Trinajstić information content (AvgIpc) is 2.85. The predicted molar refractivity (Wildman–Crippen MR) is 61.5 cm³/mol. The summed E-state index contributed by atoms with van der Waals surface area (Å²) in [4.78, 5) is 24.4. The van der Waals surface area contributed by atoms with E-state index in [-0.39, 0.29) is 18.9 Å². The van der Waals surface area contributed by atoms with Crippen LogP contribution in [0.1, 0.15) is 16.8 Å². The van der Waals surface area contributed by atoms with Gasteiger partial charge in [-0.3, -0.25) is 9.59 Å². The molecule has 3 N–H and O–H groups in total. The van der Waals surface area contributed by atoms with Gasteiger partial charge in [0.05, 0.1) is 11.8 Å². The van der Waals surface area contributed by atoms with E-state index in [0.717, 1.165) is 0 Å². The van der Waals surface area contributed by atoms with Gasteiger partial charge in [0.2, 0.25) is 0 Å². The van der Waals surface area contributed by atoms with Crippen LogP contribution in [0.5, 0.6) is 0 Å². The Morgan fingerprint density at radius 1 is 1.59 bits per heavy atom. The van der Waals surface area contributed by atoms with E-state index in [2.05, 4.69) is 15.9 Å². The number of rotatable bonds is 2. The van der Waals surface area contributed by atoms with Gasteiger partial charge in [-0.1, -0.05) is 0 Å². The van der Waals surface area contributed by atoms with Crippen molar-refractivity contribution >= 4 is 27.8 Å². The van der Waals surface area contributed by atoms with Gasteiger partial charge < -0.3 is 20.2 Å². The molecule has 1 aliphatic rings. The van der Waals surface area contributed by atoms with Crippen LogP contribution in [0.3, 0.4) is 0 Å². The normalized spacial score (nSPS) is 24.0. The fourth-order valence-electron chi connectivity index (χ4n) is 1.80. The Hall–Kier alpha value is -1.34. The molecule has 92 valence electrons. The van der Waals surface area contributed by atoms with Crippen LogP contribution in [-0.2, 0) is 4.79 Å². The first-order valence-electron chi connectivity index (χ1n) is 4.98. The number of carbonyl (C=O) groups is 2. The topological polar surface area (TPSA) is 96.8 Å². The number of hydrogen-bond donors (Lipinski definition) is 2. The minimum atomic E-state index is -1.34. The standard InChI is InChI=1S/C10H11BrN2O4/c11-7-6(1-4-17-7)8(14)13-3-2-10(12,5-13)9(15)16/h1,4H,2-3,5,12H2,(H,15,16). The third-order valence-corrected chi connectivity index (χ3v) is 3.48. The van der Waals surface area contributed by atoms with Crippen LogP contribution in [0.25, 0.3) is 0 Å². The maximum absolute atomic E-state index is 12.0. The van der Waals surface area contributed by atoms with Crippen LogP contribution < -0.4 is 5.73 Å². The summed E-state index contributed by atoms with van der Waals surface area (Å²) in [7, 11) is 0. The molecule has 0 saturated carbocycles.